The van der Waals surface area contributed by atoms with Crippen LogP contribution in [0.15, 0.2) is 67.0 Å². The van der Waals surface area contributed by atoms with E-state index in [0.29, 0.717) is 12.3 Å². The van der Waals surface area contributed by atoms with Gasteiger partial charge < -0.3 is 78.2 Å². The van der Waals surface area contributed by atoms with Crippen LogP contribution in [0.3, 0.4) is 0 Å². The van der Waals surface area contributed by atoms with Crippen LogP contribution in [0.4, 0.5) is 0 Å². The Labute approximate surface area is 523 Å². The number of carbonyl (C=O) groups excluding carboxylic acids is 4. The number of carbonyl (C=O) groups is 4. The van der Waals surface area contributed by atoms with Gasteiger partial charge in [0.1, 0.15) is 107 Å². The molecule has 87 heavy (non-hydrogen) atoms. The maximum absolute atomic E-state index is 13.7. The van der Waals surface area contributed by atoms with Crippen LogP contribution in [-0.2, 0) is 28.5 Å². The molecule has 8 rings (SSSR count). The highest BCUT2D eigenvalue weighted by atomic mass is 35.5. The first-order valence-electron chi connectivity index (χ1n) is 29.2. The smallest absolute Gasteiger partial charge is 0.374 e. The SMILES string of the molecule is CCCC1CC(C(=O)NC(C(C)Cl)C2OC(SC)C(O)C(OC(=O)c3cc(=O)c4c(OCC(O)COc5cccc6oc(C(=O)OC7C(O)C(SC)OC(C(NC)C(C)Cl)C7O)cc(=O)c56)cccc4o3)C2O)N(C)C1.CCCC1CC(C=O)N(C)C1. The molecule has 19 unspecified atom stereocenters. The fourth-order valence-corrected chi connectivity index (χ4v) is 13.7. The molecule has 4 saturated heterocycles. The van der Waals surface area contributed by atoms with Crippen molar-refractivity contribution in [2.24, 2.45) is 11.8 Å². The van der Waals surface area contributed by atoms with Gasteiger partial charge in [-0.1, -0.05) is 38.8 Å². The number of hydrogen-bond donors (Lipinski definition) is 7. The highest BCUT2D eigenvalue weighted by Crippen LogP contribution is 2.36. The Balaban J connectivity index is 0.000000883. The number of rotatable bonds is 24. The summed E-state index contributed by atoms with van der Waals surface area (Å²) >= 11 is 15.2. The van der Waals surface area contributed by atoms with Crippen molar-refractivity contribution in [3.8, 4) is 11.5 Å². The van der Waals surface area contributed by atoms with E-state index in [1.807, 2.05) is 19.0 Å². The van der Waals surface area contributed by atoms with E-state index >= 15 is 0 Å². The van der Waals surface area contributed by atoms with E-state index in [9.17, 15) is 54.3 Å². The number of alkyl halides is 2. The van der Waals surface area contributed by atoms with Gasteiger partial charge in [-0.25, -0.2) is 9.59 Å². The summed E-state index contributed by atoms with van der Waals surface area (Å²) in [6, 6.07) is 8.57. The highest BCUT2D eigenvalue weighted by Gasteiger charge is 2.52. The zero-order chi connectivity index (χ0) is 63.6. The van der Waals surface area contributed by atoms with Crippen LogP contribution in [0.25, 0.3) is 21.9 Å². The molecule has 4 aliphatic heterocycles. The number of aliphatic hydroxyl groups excluding tert-OH is 5. The maximum Gasteiger partial charge on any atom is 0.374 e. The second-order valence-electron chi connectivity index (χ2n) is 22.7. The van der Waals surface area contributed by atoms with E-state index in [1.54, 1.807) is 33.4 Å². The summed E-state index contributed by atoms with van der Waals surface area (Å²) in [6.45, 7) is 8.61. The lowest BCUT2D eigenvalue weighted by molar-refractivity contribution is -0.206. The predicted octanol–water partition coefficient (Wildman–Crippen LogP) is 4.14. The molecule has 4 aliphatic rings. The standard InChI is InChI=1S/C51H65Cl2N3O18S2.C9H17NO/c1-8-11-24-16-26(56(5)19-24)47(64)55-38(23(3)53)44-40(61)46(42(63)51(74-44)76-7)72-49(66)34-18-28(59)36-30(13-10-15-32(36)70-34)68-21-25(57)20-67-29-12-9-14-31-35(29)27(58)17-33(69-31)48(65)71-45-39(60)43(37(54-4)22(2)52)73-50(75-6)41(45)62;1-3-4-8-5-9(7-11)10(2)6-8/h9-10,12-15,17-18,22-26,37-46,50-51,54,57,60-63H,8,11,16,19-21H2,1-7H3,(H,55,64);7-9H,3-6H2,1-2H3. The largest absolute Gasteiger partial charge is 0.490 e. The maximum atomic E-state index is 13.7. The third-order valence-electron chi connectivity index (χ3n) is 16.3. The van der Waals surface area contributed by atoms with Gasteiger partial charge in [-0.2, -0.15) is 0 Å². The van der Waals surface area contributed by atoms with E-state index in [1.165, 1.54) is 49.2 Å². The second-order valence-corrected chi connectivity index (χ2v) is 25.9. The molecular weight excluding hydrogens is 1220 g/mol. The second kappa shape index (κ2) is 31.9. The van der Waals surface area contributed by atoms with E-state index in [2.05, 4.69) is 29.4 Å². The van der Waals surface area contributed by atoms with Crippen molar-refractivity contribution in [1.82, 2.24) is 20.4 Å². The Morgan fingerprint density at radius 2 is 1.16 bits per heavy atom. The number of aldehydes is 1. The molecule has 27 heteroatoms. The van der Waals surface area contributed by atoms with Gasteiger partial charge in [0.05, 0.1) is 29.5 Å². The number of hydrogen-bond acceptors (Lipinski definition) is 24. The van der Waals surface area contributed by atoms with Crippen molar-refractivity contribution in [2.45, 2.75) is 167 Å². The lowest BCUT2D eigenvalue weighted by Crippen LogP contribution is -2.65. The zero-order valence-electron chi connectivity index (χ0n) is 50.2. The highest BCUT2D eigenvalue weighted by molar-refractivity contribution is 7.99. The summed E-state index contributed by atoms with van der Waals surface area (Å²) in [5.74, 6) is -2.65. The molecule has 0 bridgehead atoms. The summed E-state index contributed by atoms with van der Waals surface area (Å²) in [5.41, 5.74) is -3.55. The first-order valence-corrected chi connectivity index (χ1v) is 32.6. The molecule has 4 aromatic rings. The number of fused-ring (bicyclic) bond motifs is 2. The summed E-state index contributed by atoms with van der Waals surface area (Å²) < 4.78 is 46.4. The monoisotopic (exact) mass is 1300 g/mol. The summed E-state index contributed by atoms with van der Waals surface area (Å²) in [5, 5.41) is 60.5. The van der Waals surface area contributed by atoms with E-state index < -0.39 is 142 Å². The van der Waals surface area contributed by atoms with Crippen molar-refractivity contribution >= 4 is 92.8 Å². The lowest BCUT2D eigenvalue weighted by atomic mass is 9.92. The molecule has 7 N–H and O–H groups in total. The summed E-state index contributed by atoms with van der Waals surface area (Å²) in [7, 11) is 5.53. The minimum absolute atomic E-state index is 0.0158. The molecule has 1 amide bonds. The van der Waals surface area contributed by atoms with Crippen molar-refractivity contribution in [3.05, 3.63) is 80.5 Å². The zero-order valence-corrected chi connectivity index (χ0v) is 53.3. The lowest BCUT2D eigenvalue weighted by Gasteiger charge is -2.45. The van der Waals surface area contributed by atoms with Gasteiger partial charge in [0.25, 0.3) is 0 Å². The van der Waals surface area contributed by atoms with Crippen molar-refractivity contribution in [3.63, 3.8) is 0 Å². The van der Waals surface area contributed by atoms with Crippen LogP contribution in [0.5, 0.6) is 11.5 Å². The number of halogens is 2. The number of thioether (sulfide) groups is 2. The van der Waals surface area contributed by atoms with Crippen molar-refractivity contribution in [1.29, 1.82) is 0 Å². The molecule has 482 valence electrons. The molecule has 0 aliphatic carbocycles. The van der Waals surface area contributed by atoms with Crippen LogP contribution < -0.4 is 31.0 Å². The molecule has 0 spiro atoms. The number of esters is 2. The van der Waals surface area contributed by atoms with E-state index in [0.717, 1.165) is 80.2 Å². The third-order valence-corrected chi connectivity index (χ3v) is 18.6. The Morgan fingerprint density at radius 1 is 0.713 bits per heavy atom. The Hall–Kier alpha value is -4.58. The predicted molar refractivity (Wildman–Crippen MR) is 329 cm³/mol. The number of ether oxygens (including phenoxy) is 6. The number of likely N-dealkylation sites (N-methyl/N-ethyl adjacent to an activating group) is 3. The number of nitrogens with zero attached hydrogens (tertiary/aromatic N) is 2. The summed E-state index contributed by atoms with van der Waals surface area (Å²) in [6.07, 6.45) is -2.28. The number of benzene rings is 2. The van der Waals surface area contributed by atoms with Gasteiger partial charge in [0.15, 0.2) is 23.1 Å². The average molecular weight is 1300 g/mol. The van der Waals surface area contributed by atoms with Gasteiger partial charge >= 0.3 is 11.9 Å². The van der Waals surface area contributed by atoms with Crippen LogP contribution >= 0.6 is 46.7 Å². The molecule has 23 nitrogen and oxygen atoms in total. The van der Waals surface area contributed by atoms with Gasteiger partial charge in [-0.3, -0.25) is 24.2 Å². The molecule has 4 fully saturated rings. The Morgan fingerprint density at radius 3 is 1.57 bits per heavy atom. The van der Waals surface area contributed by atoms with Crippen LogP contribution in [0, 0.1) is 11.8 Å². The first kappa shape index (κ1) is 69.9. The minimum atomic E-state index is -1.69. The topological polar surface area (TPSA) is 316 Å². The van der Waals surface area contributed by atoms with Gasteiger partial charge in [0, 0.05) is 30.6 Å². The first-order chi connectivity index (χ1) is 41.5. The minimum Gasteiger partial charge on any atom is -0.490 e. The molecule has 19 atom stereocenters. The molecule has 0 saturated carbocycles. The van der Waals surface area contributed by atoms with Gasteiger partial charge in [-0.05, 0) is 109 Å². The molecule has 6 heterocycles. The number of amides is 1. The van der Waals surface area contributed by atoms with Crippen molar-refractivity contribution in [2.75, 3.05) is 60.0 Å². The van der Waals surface area contributed by atoms with Crippen LogP contribution in [0.1, 0.15) is 87.3 Å². The van der Waals surface area contributed by atoms with E-state index in [4.69, 9.17) is 60.5 Å². The number of nitrogens with one attached hydrogen (secondary N) is 2. The van der Waals surface area contributed by atoms with Crippen molar-refractivity contribution < 1.29 is 82.0 Å². The fraction of sp³-hybridized carbons (Fsp3) is 0.633. The quantitative estimate of drug-likeness (QED) is 0.0294. The Bertz CT molecular complexity index is 3090. The van der Waals surface area contributed by atoms with Crippen LogP contribution in [0.2, 0.25) is 0 Å². The molecule has 2 aromatic carbocycles. The third kappa shape index (κ3) is 16.7. The fourth-order valence-electron chi connectivity index (χ4n) is 11.9. The van der Waals surface area contributed by atoms with Crippen LogP contribution in [-0.4, -0.2) is 220 Å². The normalized spacial score (nSPS) is 29.5. The number of likely N-dealkylation sites (tertiary alicyclic amines) is 2. The molecule has 0 radical (unpaired) electrons. The van der Waals surface area contributed by atoms with Gasteiger partial charge in [-0.15, -0.1) is 46.7 Å². The van der Waals surface area contributed by atoms with Gasteiger partial charge in [0.2, 0.25) is 17.4 Å². The summed E-state index contributed by atoms with van der Waals surface area (Å²) in [4.78, 5) is 82.6. The Kier molecular flexibility index (Phi) is 25.6. The average Bonchev–Trinajstić information content (AvgIpc) is 1.81. The molecule has 2 aromatic heterocycles. The molecular formula is C60H82Cl2N4O19S2. The number of aliphatic hydroxyl groups is 5. The van der Waals surface area contributed by atoms with E-state index in [-0.39, 0.29) is 45.4 Å².